The molecule has 0 fully saturated rings. The molecular formula is C11H19NOS. The summed E-state index contributed by atoms with van der Waals surface area (Å²) in [6.07, 6.45) is 1.76. The summed E-state index contributed by atoms with van der Waals surface area (Å²) in [5.74, 6) is 0. The van der Waals surface area contributed by atoms with Crippen LogP contribution in [0.15, 0.2) is 12.1 Å². The van der Waals surface area contributed by atoms with Crippen LogP contribution >= 0.6 is 11.3 Å². The quantitative estimate of drug-likeness (QED) is 0.711. The van der Waals surface area contributed by atoms with Crippen LogP contribution in [0.25, 0.3) is 0 Å². The topological polar surface area (TPSA) is 32.3 Å². The van der Waals surface area contributed by atoms with Gasteiger partial charge in [0.2, 0.25) is 0 Å². The molecular weight excluding hydrogens is 194 g/mol. The Bertz CT molecular complexity index is 258. The Morgan fingerprint density at radius 1 is 1.50 bits per heavy atom. The summed E-state index contributed by atoms with van der Waals surface area (Å²) in [5.41, 5.74) is 0. The molecule has 3 heteroatoms. The molecule has 0 aliphatic carbocycles. The van der Waals surface area contributed by atoms with Gasteiger partial charge in [-0.15, -0.1) is 11.3 Å². The van der Waals surface area contributed by atoms with Gasteiger partial charge in [0.15, 0.2) is 0 Å². The normalized spacial score (nSPS) is 13.1. The van der Waals surface area contributed by atoms with Crippen molar-refractivity contribution in [3.05, 3.63) is 21.9 Å². The predicted octanol–water partition coefficient (Wildman–Crippen LogP) is 2.31. The summed E-state index contributed by atoms with van der Waals surface area (Å²) in [6, 6.07) is 4.32. The van der Waals surface area contributed by atoms with Crippen molar-refractivity contribution >= 4 is 11.3 Å². The van der Waals surface area contributed by atoms with Gasteiger partial charge in [-0.1, -0.05) is 0 Å². The van der Waals surface area contributed by atoms with Gasteiger partial charge in [-0.05, 0) is 45.4 Å². The Morgan fingerprint density at radius 2 is 2.29 bits per heavy atom. The van der Waals surface area contributed by atoms with Gasteiger partial charge in [0.05, 0.1) is 6.10 Å². The summed E-state index contributed by atoms with van der Waals surface area (Å²) in [5, 5.41) is 12.4. The van der Waals surface area contributed by atoms with Crippen LogP contribution in [0.2, 0.25) is 0 Å². The zero-order chi connectivity index (χ0) is 10.4. The van der Waals surface area contributed by atoms with Gasteiger partial charge in [0.25, 0.3) is 0 Å². The zero-order valence-electron chi connectivity index (χ0n) is 8.92. The Labute approximate surface area is 90.0 Å². The van der Waals surface area contributed by atoms with Gasteiger partial charge < -0.3 is 10.4 Å². The minimum atomic E-state index is -0.166. The maximum Gasteiger partial charge on any atom is 0.0512 e. The van der Waals surface area contributed by atoms with Crippen molar-refractivity contribution in [3.8, 4) is 0 Å². The van der Waals surface area contributed by atoms with Crippen LogP contribution < -0.4 is 5.32 Å². The highest BCUT2D eigenvalue weighted by atomic mass is 32.1. The zero-order valence-corrected chi connectivity index (χ0v) is 9.73. The largest absolute Gasteiger partial charge is 0.393 e. The lowest BCUT2D eigenvalue weighted by Crippen LogP contribution is -2.15. The van der Waals surface area contributed by atoms with Crippen molar-refractivity contribution in [1.82, 2.24) is 5.32 Å². The summed E-state index contributed by atoms with van der Waals surface area (Å²) in [7, 11) is 0. The van der Waals surface area contributed by atoms with Crippen LogP contribution in [-0.4, -0.2) is 17.8 Å². The second-order valence-corrected chi connectivity index (χ2v) is 5.05. The van der Waals surface area contributed by atoms with E-state index in [0.29, 0.717) is 0 Å². The highest BCUT2D eigenvalue weighted by molar-refractivity contribution is 7.11. The van der Waals surface area contributed by atoms with Gasteiger partial charge in [0.1, 0.15) is 0 Å². The molecule has 1 atom stereocenters. The van der Waals surface area contributed by atoms with Crippen molar-refractivity contribution in [2.45, 2.75) is 39.3 Å². The molecule has 80 valence electrons. The lowest BCUT2D eigenvalue weighted by Gasteiger charge is -2.04. The molecule has 14 heavy (non-hydrogen) atoms. The van der Waals surface area contributed by atoms with Crippen LogP contribution in [0.3, 0.4) is 0 Å². The molecule has 0 bridgehead atoms. The number of aliphatic hydroxyl groups is 1. The monoisotopic (exact) mass is 213 g/mol. The van der Waals surface area contributed by atoms with Crippen molar-refractivity contribution in [1.29, 1.82) is 0 Å². The standard InChI is InChI=1S/C11H19NOS/c1-9(13)4-3-7-12-8-11-6-5-10(2)14-11/h5-6,9,12-13H,3-4,7-8H2,1-2H3. The smallest absolute Gasteiger partial charge is 0.0512 e. The molecule has 2 nitrogen and oxygen atoms in total. The fraction of sp³-hybridized carbons (Fsp3) is 0.636. The molecule has 0 aliphatic heterocycles. The van der Waals surface area contributed by atoms with Gasteiger partial charge in [-0.2, -0.15) is 0 Å². The molecule has 2 N–H and O–H groups in total. The third-order valence-electron chi connectivity index (χ3n) is 2.07. The minimum Gasteiger partial charge on any atom is -0.393 e. The lowest BCUT2D eigenvalue weighted by atomic mass is 10.2. The average molecular weight is 213 g/mol. The minimum absolute atomic E-state index is 0.166. The van der Waals surface area contributed by atoms with E-state index in [1.165, 1.54) is 9.75 Å². The van der Waals surface area contributed by atoms with Gasteiger partial charge >= 0.3 is 0 Å². The van der Waals surface area contributed by atoms with Crippen molar-refractivity contribution < 1.29 is 5.11 Å². The first kappa shape index (κ1) is 11.7. The fourth-order valence-electron chi connectivity index (χ4n) is 1.31. The highest BCUT2D eigenvalue weighted by Crippen LogP contribution is 2.14. The molecule has 0 aliphatic rings. The first-order valence-corrected chi connectivity index (χ1v) is 5.94. The molecule has 1 rings (SSSR count). The maximum atomic E-state index is 9.05. The first-order chi connectivity index (χ1) is 6.68. The Balaban J connectivity index is 2.04. The summed E-state index contributed by atoms with van der Waals surface area (Å²) in [4.78, 5) is 2.75. The molecule has 1 unspecified atom stereocenters. The molecule has 0 saturated carbocycles. The molecule has 1 heterocycles. The Kier molecular flexibility index (Phi) is 5.15. The van der Waals surface area contributed by atoms with Crippen LogP contribution in [-0.2, 0) is 6.54 Å². The summed E-state index contributed by atoms with van der Waals surface area (Å²) < 4.78 is 0. The van der Waals surface area contributed by atoms with E-state index in [0.717, 1.165) is 25.9 Å². The third-order valence-corrected chi connectivity index (χ3v) is 3.07. The van der Waals surface area contributed by atoms with Gasteiger partial charge in [0, 0.05) is 16.3 Å². The maximum absolute atomic E-state index is 9.05. The second-order valence-electron chi connectivity index (χ2n) is 3.68. The summed E-state index contributed by atoms with van der Waals surface area (Å²) >= 11 is 1.84. The van der Waals surface area contributed by atoms with E-state index in [4.69, 9.17) is 5.11 Å². The number of hydrogen-bond acceptors (Lipinski definition) is 3. The lowest BCUT2D eigenvalue weighted by molar-refractivity contribution is 0.181. The average Bonchev–Trinajstić information content (AvgIpc) is 2.50. The number of thiophene rings is 1. The van der Waals surface area contributed by atoms with Gasteiger partial charge in [-0.3, -0.25) is 0 Å². The van der Waals surface area contributed by atoms with E-state index < -0.39 is 0 Å². The third kappa shape index (κ3) is 4.74. The van der Waals surface area contributed by atoms with E-state index in [-0.39, 0.29) is 6.10 Å². The highest BCUT2D eigenvalue weighted by Gasteiger charge is 1.97. The van der Waals surface area contributed by atoms with E-state index in [2.05, 4.69) is 24.4 Å². The molecule has 0 radical (unpaired) electrons. The van der Waals surface area contributed by atoms with Crippen molar-refractivity contribution in [3.63, 3.8) is 0 Å². The Hall–Kier alpha value is -0.380. The van der Waals surface area contributed by atoms with E-state index in [9.17, 15) is 0 Å². The number of aryl methyl sites for hydroxylation is 1. The van der Waals surface area contributed by atoms with E-state index in [1.54, 1.807) is 0 Å². The van der Waals surface area contributed by atoms with Crippen molar-refractivity contribution in [2.24, 2.45) is 0 Å². The Morgan fingerprint density at radius 3 is 2.86 bits per heavy atom. The van der Waals surface area contributed by atoms with Crippen LogP contribution in [0.1, 0.15) is 29.5 Å². The molecule has 0 spiro atoms. The van der Waals surface area contributed by atoms with Crippen LogP contribution in [0.5, 0.6) is 0 Å². The molecule has 0 amide bonds. The van der Waals surface area contributed by atoms with E-state index >= 15 is 0 Å². The molecule has 1 aromatic rings. The second kappa shape index (κ2) is 6.17. The van der Waals surface area contributed by atoms with E-state index in [1.807, 2.05) is 18.3 Å². The number of nitrogens with one attached hydrogen (secondary N) is 1. The predicted molar refractivity (Wildman–Crippen MR) is 61.7 cm³/mol. The van der Waals surface area contributed by atoms with Crippen LogP contribution in [0, 0.1) is 6.92 Å². The molecule has 0 aromatic carbocycles. The molecule has 1 aromatic heterocycles. The number of hydrogen-bond donors (Lipinski definition) is 2. The van der Waals surface area contributed by atoms with Crippen LogP contribution in [0.4, 0.5) is 0 Å². The number of aliphatic hydroxyl groups excluding tert-OH is 1. The first-order valence-electron chi connectivity index (χ1n) is 5.12. The SMILES string of the molecule is Cc1ccc(CNCCCC(C)O)s1. The number of rotatable bonds is 6. The van der Waals surface area contributed by atoms with Gasteiger partial charge in [-0.25, -0.2) is 0 Å². The fourth-order valence-corrected chi connectivity index (χ4v) is 2.17. The summed E-state index contributed by atoms with van der Waals surface area (Å²) in [6.45, 7) is 5.91. The van der Waals surface area contributed by atoms with Crippen molar-refractivity contribution in [2.75, 3.05) is 6.54 Å². The molecule has 0 saturated heterocycles.